The van der Waals surface area contributed by atoms with Crippen LogP contribution in [0.1, 0.15) is 44.6 Å². The summed E-state index contributed by atoms with van der Waals surface area (Å²) < 4.78 is 5.35. The quantitative estimate of drug-likeness (QED) is 0.637. The first-order valence-corrected chi connectivity index (χ1v) is 7.21. The first kappa shape index (κ1) is 15.0. The zero-order valence-corrected chi connectivity index (χ0v) is 11.9. The molecule has 0 bridgehead atoms. The Morgan fingerprint density at radius 2 is 1.78 bits per heavy atom. The number of unbranched alkanes of at least 4 members (excludes halogenated alkanes) is 3. The molecule has 0 radical (unpaired) electrons. The first-order chi connectivity index (χ1) is 8.88. The fourth-order valence-corrected chi connectivity index (χ4v) is 2.12. The van der Waals surface area contributed by atoms with Crippen LogP contribution in [0.4, 0.5) is 0 Å². The van der Waals surface area contributed by atoms with E-state index in [9.17, 15) is 0 Å². The van der Waals surface area contributed by atoms with Crippen molar-refractivity contribution in [1.82, 2.24) is 5.32 Å². The highest BCUT2D eigenvalue weighted by Gasteiger charge is 2.00. The number of para-hydroxylation sites is 1. The standard InChI is InChI=1S/C16H27NO/c1-3-4-5-8-13-17-14-9-11-15-10-6-7-12-16(15)18-2/h6-7,10,12,17H,3-5,8-9,11,13-14H2,1-2H3. The molecule has 102 valence electrons. The van der Waals surface area contributed by atoms with Crippen molar-refractivity contribution in [3.8, 4) is 5.75 Å². The van der Waals surface area contributed by atoms with Crippen LogP contribution in [0.3, 0.4) is 0 Å². The van der Waals surface area contributed by atoms with Crippen LogP contribution in [0.25, 0.3) is 0 Å². The van der Waals surface area contributed by atoms with Gasteiger partial charge in [0, 0.05) is 0 Å². The highest BCUT2D eigenvalue weighted by Crippen LogP contribution is 2.18. The van der Waals surface area contributed by atoms with Crippen molar-refractivity contribution in [3.05, 3.63) is 29.8 Å². The molecular formula is C16H27NO. The SMILES string of the molecule is CCCCCCNCCCc1ccccc1OC. The van der Waals surface area contributed by atoms with E-state index < -0.39 is 0 Å². The van der Waals surface area contributed by atoms with Crippen molar-refractivity contribution in [2.24, 2.45) is 0 Å². The third kappa shape index (κ3) is 6.06. The summed E-state index contributed by atoms with van der Waals surface area (Å²) in [7, 11) is 1.74. The molecule has 0 saturated heterocycles. The largest absolute Gasteiger partial charge is 0.496 e. The van der Waals surface area contributed by atoms with E-state index >= 15 is 0 Å². The van der Waals surface area contributed by atoms with Gasteiger partial charge in [0.15, 0.2) is 0 Å². The number of hydrogen-bond donors (Lipinski definition) is 1. The maximum Gasteiger partial charge on any atom is 0.122 e. The molecule has 0 aliphatic carbocycles. The number of hydrogen-bond acceptors (Lipinski definition) is 2. The van der Waals surface area contributed by atoms with Crippen molar-refractivity contribution in [1.29, 1.82) is 0 Å². The Morgan fingerprint density at radius 3 is 2.56 bits per heavy atom. The number of methoxy groups -OCH3 is 1. The first-order valence-electron chi connectivity index (χ1n) is 7.21. The summed E-state index contributed by atoms with van der Waals surface area (Å²) in [6.07, 6.45) is 7.61. The van der Waals surface area contributed by atoms with Gasteiger partial charge in [0.1, 0.15) is 5.75 Å². The van der Waals surface area contributed by atoms with Crippen LogP contribution in [0.15, 0.2) is 24.3 Å². The number of ether oxygens (including phenoxy) is 1. The van der Waals surface area contributed by atoms with Gasteiger partial charge in [-0.05, 0) is 44.0 Å². The van der Waals surface area contributed by atoms with E-state index in [1.807, 2.05) is 12.1 Å². The van der Waals surface area contributed by atoms with E-state index in [0.29, 0.717) is 0 Å². The third-order valence-electron chi connectivity index (χ3n) is 3.20. The molecule has 0 saturated carbocycles. The van der Waals surface area contributed by atoms with E-state index in [2.05, 4.69) is 24.4 Å². The van der Waals surface area contributed by atoms with Crippen LogP contribution in [-0.2, 0) is 6.42 Å². The zero-order valence-electron chi connectivity index (χ0n) is 11.9. The van der Waals surface area contributed by atoms with Gasteiger partial charge in [0.05, 0.1) is 7.11 Å². The number of benzene rings is 1. The highest BCUT2D eigenvalue weighted by molar-refractivity contribution is 5.33. The molecule has 0 amide bonds. The molecular weight excluding hydrogens is 222 g/mol. The molecule has 0 atom stereocenters. The summed E-state index contributed by atoms with van der Waals surface area (Å²) >= 11 is 0. The molecule has 1 N–H and O–H groups in total. The Labute approximate surface area is 112 Å². The number of rotatable bonds is 10. The van der Waals surface area contributed by atoms with Crippen LogP contribution in [0.2, 0.25) is 0 Å². The topological polar surface area (TPSA) is 21.3 Å². The summed E-state index contributed by atoms with van der Waals surface area (Å²) in [6.45, 7) is 4.51. The summed E-state index contributed by atoms with van der Waals surface area (Å²) in [5.41, 5.74) is 1.31. The van der Waals surface area contributed by atoms with Crippen molar-refractivity contribution >= 4 is 0 Å². The lowest BCUT2D eigenvalue weighted by molar-refractivity contribution is 0.409. The predicted octanol–water partition coefficient (Wildman–Crippen LogP) is 3.80. The van der Waals surface area contributed by atoms with Gasteiger partial charge in [-0.2, -0.15) is 0 Å². The lowest BCUT2D eigenvalue weighted by atomic mass is 10.1. The van der Waals surface area contributed by atoms with Gasteiger partial charge in [-0.3, -0.25) is 0 Å². The summed E-state index contributed by atoms with van der Waals surface area (Å²) in [5.74, 6) is 1.01. The lowest BCUT2D eigenvalue weighted by Gasteiger charge is -2.08. The maximum absolute atomic E-state index is 5.35. The molecule has 0 aliphatic heterocycles. The smallest absolute Gasteiger partial charge is 0.122 e. The van der Waals surface area contributed by atoms with E-state index in [-0.39, 0.29) is 0 Å². The Bertz CT molecular complexity index is 312. The Kier molecular flexibility index (Phi) is 8.32. The molecule has 2 heteroatoms. The van der Waals surface area contributed by atoms with E-state index in [4.69, 9.17) is 4.74 Å². The molecule has 0 aliphatic rings. The van der Waals surface area contributed by atoms with Crippen molar-refractivity contribution < 1.29 is 4.74 Å². The van der Waals surface area contributed by atoms with Crippen molar-refractivity contribution in [3.63, 3.8) is 0 Å². The van der Waals surface area contributed by atoms with E-state index in [1.54, 1.807) is 7.11 Å². The van der Waals surface area contributed by atoms with Crippen LogP contribution >= 0.6 is 0 Å². The van der Waals surface area contributed by atoms with Crippen molar-refractivity contribution in [2.75, 3.05) is 20.2 Å². The predicted molar refractivity (Wildman–Crippen MR) is 78.3 cm³/mol. The highest BCUT2D eigenvalue weighted by atomic mass is 16.5. The van der Waals surface area contributed by atoms with Gasteiger partial charge in [-0.1, -0.05) is 44.4 Å². The van der Waals surface area contributed by atoms with Gasteiger partial charge >= 0.3 is 0 Å². The summed E-state index contributed by atoms with van der Waals surface area (Å²) in [6, 6.07) is 8.29. The molecule has 0 fully saturated rings. The second-order valence-corrected chi connectivity index (χ2v) is 4.73. The summed E-state index contributed by atoms with van der Waals surface area (Å²) in [4.78, 5) is 0. The molecule has 1 rings (SSSR count). The van der Waals surface area contributed by atoms with Gasteiger partial charge in [-0.25, -0.2) is 0 Å². The van der Waals surface area contributed by atoms with Crippen LogP contribution in [0, 0.1) is 0 Å². The third-order valence-corrected chi connectivity index (χ3v) is 3.20. The minimum atomic E-state index is 1.01. The Hall–Kier alpha value is -1.02. The van der Waals surface area contributed by atoms with Gasteiger partial charge in [-0.15, -0.1) is 0 Å². The number of nitrogens with one attached hydrogen (secondary N) is 1. The van der Waals surface area contributed by atoms with Crippen molar-refractivity contribution in [2.45, 2.75) is 45.4 Å². The molecule has 1 aromatic rings. The van der Waals surface area contributed by atoms with Crippen LogP contribution in [0.5, 0.6) is 5.75 Å². The molecule has 1 aromatic carbocycles. The molecule has 0 heterocycles. The average molecular weight is 249 g/mol. The Balaban J connectivity index is 2.07. The minimum absolute atomic E-state index is 1.01. The van der Waals surface area contributed by atoms with E-state index in [1.165, 1.54) is 37.7 Å². The minimum Gasteiger partial charge on any atom is -0.496 e. The second kappa shape index (κ2) is 9.95. The number of aryl methyl sites for hydroxylation is 1. The molecule has 0 aromatic heterocycles. The van der Waals surface area contributed by atoms with Crippen LogP contribution < -0.4 is 10.1 Å². The fraction of sp³-hybridized carbons (Fsp3) is 0.625. The average Bonchev–Trinajstić information content (AvgIpc) is 2.42. The van der Waals surface area contributed by atoms with Gasteiger partial charge < -0.3 is 10.1 Å². The van der Waals surface area contributed by atoms with Gasteiger partial charge in [0.25, 0.3) is 0 Å². The van der Waals surface area contributed by atoms with E-state index in [0.717, 1.165) is 25.3 Å². The second-order valence-electron chi connectivity index (χ2n) is 4.73. The maximum atomic E-state index is 5.35. The normalized spacial score (nSPS) is 10.6. The zero-order chi connectivity index (χ0) is 13.1. The van der Waals surface area contributed by atoms with Crippen LogP contribution in [-0.4, -0.2) is 20.2 Å². The molecule has 0 unspecified atom stereocenters. The molecule has 0 spiro atoms. The van der Waals surface area contributed by atoms with Gasteiger partial charge in [0.2, 0.25) is 0 Å². The lowest BCUT2D eigenvalue weighted by Crippen LogP contribution is -2.17. The molecule has 2 nitrogen and oxygen atoms in total. The summed E-state index contributed by atoms with van der Waals surface area (Å²) in [5, 5.41) is 3.51. The Morgan fingerprint density at radius 1 is 1.00 bits per heavy atom. The molecule has 18 heavy (non-hydrogen) atoms. The fourth-order valence-electron chi connectivity index (χ4n) is 2.12. The monoisotopic (exact) mass is 249 g/mol.